The van der Waals surface area contributed by atoms with E-state index in [0.717, 1.165) is 0 Å². The molecule has 0 heterocycles. The van der Waals surface area contributed by atoms with Gasteiger partial charge in [-0.25, -0.2) is 0 Å². The Labute approximate surface area is 74.2 Å². The maximum absolute atomic E-state index is 10.8. The molecule has 5 nitrogen and oxygen atoms in total. The van der Waals surface area contributed by atoms with E-state index in [4.69, 9.17) is 10.8 Å². The molecule has 0 radical (unpaired) electrons. The molecule has 0 saturated heterocycles. The summed E-state index contributed by atoms with van der Waals surface area (Å²) in [6.07, 6.45) is 0. The lowest BCUT2D eigenvalue weighted by molar-refractivity contribution is -0.134. The first-order valence-corrected chi connectivity index (χ1v) is 3.49. The fourth-order valence-electron chi connectivity index (χ4n) is 0.776. The maximum Gasteiger partial charge on any atom is 0.313 e. The molecule has 68 valence electrons. The highest BCUT2D eigenvalue weighted by atomic mass is 16.3. The summed E-state index contributed by atoms with van der Waals surface area (Å²) >= 11 is 0. The van der Waals surface area contributed by atoms with Crippen LogP contribution in [-0.4, -0.2) is 16.9 Å². The number of hydrogen-bond donors (Lipinski definition) is 3. The number of anilines is 1. The number of phenols is 1. The van der Waals surface area contributed by atoms with Crippen molar-refractivity contribution in [1.82, 2.24) is 0 Å². The van der Waals surface area contributed by atoms with E-state index in [-0.39, 0.29) is 5.75 Å². The van der Waals surface area contributed by atoms with Crippen LogP contribution in [0, 0.1) is 0 Å². The molecule has 1 rings (SSSR count). The highest BCUT2D eigenvalue weighted by molar-refractivity contribution is 6.39. The Kier molecular flexibility index (Phi) is 2.49. The number of hydrogen-bond acceptors (Lipinski definition) is 3. The number of primary amides is 1. The lowest BCUT2D eigenvalue weighted by atomic mass is 10.3. The third-order valence-corrected chi connectivity index (χ3v) is 1.33. The van der Waals surface area contributed by atoms with Gasteiger partial charge in [0.05, 0.1) is 0 Å². The van der Waals surface area contributed by atoms with Gasteiger partial charge in [-0.2, -0.15) is 0 Å². The summed E-state index contributed by atoms with van der Waals surface area (Å²) in [7, 11) is 0. The SMILES string of the molecule is NC(=O)C(=O)Nc1cccc(O)c1. The van der Waals surface area contributed by atoms with Crippen LogP contribution >= 0.6 is 0 Å². The summed E-state index contributed by atoms with van der Waals surface area (Å²) in [5, 5.41) is 11.2. The normalized spacial score (nSPS) is 9.23. The van der Waals surface area contributed by atoms with E-state index in [1.54, 1.807) is 0 Å². The van der Waals surface area contributed by atoms with Gasteiger partial charge in [-0.05, 0) is 12.1 Å². The van der Waals surface area contributed by atoms with Gasteiger partial charge in [-0.3, -0.25) is 9.59 Å². The zero-order valence-electron chi connectivity index (χ0n) is 6.65. The molecule has 0 fully saturated rings. The van der Waals surface area contributed by atoms with Crippen LogP contribution in [0.4, 0.5) is 5.69 Å². The van der Waals surface area contributed by atoms with Crippen molar-refractivity contribution >= 4 is 17.5 Å². The molecular formula is C8H8N2O3. The third kappa shape index (κ3) is 2.48. The van der Waals surface area contributed by atoms with Crippen LogP contribution in [0.1, 0.15) is 0 Å². The van der Waals surface area contributed by atoms with E-state index in [1.807, 2.05) is 0 Å². The van der Waals surface area contributed by atoms with Gasteiger partial charge in [0, 0.05) is 11.8 Å². The largest absolute Gasteiger partial charge is 0.508 e. The number of nitrogens with one attached hydrogen (secondary N) is 1. The first-order valence-electron chi connectivity index (χ1n) is 3.49. The van der Waals surface area contributed by atoms with Crippen molar-refractivity contribution in [2.75, 3.05) is 5.32 Å². The molecule has 0 aromatic heterocycles. The molecule has 0 atom stereocenters. The molecule has 0 aliphatic carbocycles. The molecule has 5 heteroatoms. The number of benzene rings is 1. The van der Waals surface area contributed by atoms with Crippen molar-refractivity contribution in [3.05, 3.63) is 24.3 Å². The minimum atomic E-state index is -1.07. The molecule has 2 amide bonds. The van der Waals surface area contributed by atoms with Gasteiger partial charge in [0.1, 0.15) is 5.75 Å². The predicted octanol–water partition coefficient (Wildman–Crippen LogP) is -0.184. The summed E-state index contributed by atoms with van der Waals surface area (Å²) in [5.74, 6) is -1.98. The van der Waals surface area contributed by atoms with Crippen LogP contribution in [0.15, 0.2) is 24.3 Å². The molecule has 0 spiro atoms. The third-order valence-electron chi connectivity index (χ3n) is 1.33. The number of aromatic hydroxyl groups is 1. The summed E-state index contributed by atoms with van der Waals surface area (Å²) < 4.78 is 0. The fraction of sp³-hybridized carbons (Fsp3) is 0. The molecule has 0 unspecified atom stereocenters. The summed E-state index contributed by atoms with van der Waals surface area (Å²) in [4.78, 5) is 21.1. The number of rotatable bonds is 1. The standard InChI is InChI=1S/C8H8N2O3/c9-7(12)8(13)10-5-2-1-3-6(11)4-5/h1-4,11H,(H2,9,12)(H,10,13). The quantitative estimate of drug-likeness (QED) is 0.523. The monoisotopic (exact) mass is 180 g/mol. The van der Waals surface area contributed by atoms with E-state index in [2.05, 4.69) is 5.32 Å². The van der Waals surface area contributed by atoms with Gasteiger partial charge >= 0.3 is 11.8 Å². The van der Waals surface area contributed by atoms with E-state index >= 15 is 0 Å². The molecule has 0 saturated carbocycles. The zero-order chi connectivity index (χ0) is 9.84. The average Bonchev–Trinajstić information content (AvgIpc) is 2.04. The van der Waals surface area contributed by atoms with Crippen LogP contribution in [0.25, 0.3) is 0 Å². The van der Waals surface area contributed by atoms with E-state index in [0.29, 0.717) is 5.69 Å². The highest BCUT2D eigenvalue weighted by Gasteiger charge is 2.08. The highest BCUT2D eigenvalue weighted by Crippen LogP contribution is 2.14. The first kappa shape index (κ1) is 9.05. The Morgan fingerprint density at radius 1 is 1.38 bits per heavy atom. The van der Waals surface area contributed by atoms with Crippen LogP contribution in [-0.2, 0) is 9.59 Å². The van der Waals surface area contributed by atoms with Crippen molar-refractivity contribution in [2.45, 2.75) is 0 Å². The molecule has 1 aromatic rings. The van der Waals surface area contributed by atoms with Crippen LogP contribution < -0.4 is 11.1 Å². The van der Waals surface area contributed by atoms with Crippen LogP contribution in [0.3, 0.4) is 0 Å². The fourth-order valence-corrected chi connectivity index (χ4v) is 0.776. The second-order valence-electron chi connectivity index (χ2n) is 2.37. The summed E-state index contributed by atoms with van der Waals surface area (Å²) in [5.41, 5.74) is 5.03. The number of amides is 2. The second-order valence-corrected chi connectivity index (χ2v) is 2.37. The van der Waals surface area contributed by atoms with Gasteiger partial charge in [-0.15, -0.1) is 0 Å². The molecule has 0 aliphatic rings. The minimum absolute atomic E-state index is 0.00210. The topological polar surface area (TPSA) is 92.4 Å². The van der Waals surface area contributed by atoms with Crippen molar-refractivity contribution in [3.8, 4) is 5.75 Å². The average molecular weight is 180 g/mol. The van der Waals surface area contributed by atoms with Gasteiger partial charge in [-0.1, -0.05) is 6.07 Å². The van der Waals surface area contributed by atoms with E-state index < -0.39 is 11.8 Å². The molecule has 0 bridgehead atoms. The predicted molar refractivity (Wildman–Crippen MR) is 45.9 cm³/mol. The minimum Gasteiger partial charge on any atom is -0.508 e. The second kappa shape index (κ2) is 3.57. The van der Waals surface area contributed by atoms with E-state index in [1.165, 1.54) is 24.3 Å². The lowest BCUT2D eigenvalue weighted by Crippen LogP contribution is -2.29. The van der Waals surface area contributed by atoms with Crippen molar-refractivity contribution in [1.29, 1.82) is 0 Å². The van der Waals surface area contributed by atoms with Crippen molar-refractivity contribution in [3.63, 3.8) is 0 Å². The van der Waals surface area contributed by atoms with Crippen molar-refractivity contribution in [2.24, 2.45) is 5.73 Å². The van der Waals surface area contributed by atoms with Crippen LogP contribution in [0.5, 0.6) is 5.75 Å². The number of phenolic OH excluding ortho intramolecular Hbond substituents is 1. The molecule has 1 aromatic carbocycles. The van der Waals surface area contributed by atoms with E-state index in [9.17, 15) is 9.59 Å². The first-order chi connectivity index (χ1) is 6.09. The number of carbonyl (C=O) groups excluding carboxylic acids is 2. The Balaban J connectivity index is 2.75. The molecule has 0 aliphatic heterocycles. The van der Waals surface area contributed by atoms with Crippen LogP contribution in [0.2, 0.25) is 0 Å². The smallest absolute Gasteiger partial charge is 0.313 e. The molecular weight excluding hydrogens is 172 g/mol. The number of carbonyl (C=O) groups is 2. The Bertz CT molecular complexity index is 349. The summed E-state index contributed by atoms with van der Waals surface area (Å²) in [6, 6.07) is 5.81. The Hall–Kier alpha value is -2.04. The molecule has 4 N–H and O–H groups in total. The Morgan fingerprint density at radius 3 is 2.62 bits per heavy atom. The van der Waals surface area contributed by atoms with Gasteiger partial charge in [0.2, 0.25) is 0 Å². The van der Waals surface area contributed by atoms with Gasteiger partial charge in [0.15, 0.2) is 0 Å². The lowest BCUT2D eigenvalue weighted by Gasteiger charge is -2.01. The van der Waals surface area contributed by atoms with Gasteiger partial charge < -0.3 is 16.2 Å². The Morgan fingerprint density at radius 2 is 2.08 bits per heavy atom. The molecule has 13 heavy (non-hydrogen) atoms. The number of nitrogens with two attached hydrogens (primary N) is 1. The van der Waals surface area contributed by atoms with Gasteiger partial charge in [0.25, 0.3) is 0 Å². The maximum atomic E-state index is 10.8. The summed E-state index contributed by atoms with van der Waals surface area (Å²) in [6.45, 7) is 0. The zero-order valence-corrected chi connectivity index (χ0v) is 6.65. The van der Waals surface area contributed by atoms with Crippen molar-refractivity contribution < 1.29 is 14.7 Å².